The van der Waals surface area contributed by atoms with Gasteiger partial charge in [0.1, 0.15) is 0 Å². The van der Waals surface area contributed by atoms with Crippen molar-refractivity contribution in [2.75, 3.05) is 6.54 Å². The minimum absolute atomic E-state index is 0.650. The fourth-order valence-corrected chi connectivity index (χ4v) is 1.87. The molecule has 1 aliphatic heterocycles. The molecule has 0 spiro atoms. The highest BCUT2D eigenvalue weighted by atomic mass is 15.1. The Hall–Kier alpha value is -0.760. The van der Waals surface area contributed by atoms with Crippen molar-refractivity contribution in [3.8, 4) is 0 Å². The van der Waals surface area contributed by atoms with Gasteiger partial charge in [-0.25, -0.2) is 0 Å². The lowest BCUT2D eigenvalue weighted by Gasteiger charge is -2.20. The topological polar surface area (TPSA) is 17.0 Å². The van der Waals surface area contributed by atoms with Crippen molar-refractivity contribution in [3.63, 3.8) is 0 Å². The average molecular weight is 164 g/mol. The minimum Gasteiger partial charge on any atom is -0.346 e. The Morgan fingerprint density at radius 3 is 3.00 bits per heavy atom. The largest absolute Gasteiger partial charge is 0.346 e. The first-order valence-corrected chi connectivity index (χ1v) is 4.68. The zero-order valence-electron chi connectivity index (χ0n) is 7.80. The van der Waals surface area contributed by atoms with Gasteiger partial charge in [0.05, 0.1) is 0 Å². The molecule has 0 radical (unpaired) electrons. The quantitative estimate of drug-likeness (QED) is 0.668. The van der Waals surface area contributed by atoms with Crippen LogP contribution in [0.5, 0.6) is 0 Å². The minimum atomic E-state index is 0.650. The van der Waals surface area contributed by atoms with Gasteiger partial charge in [-0.2, -0.15) is 0 Å². The molecule has 1 N–H and O–H groups in total. The number of rotatable bonds is 1. The van der Waals surface area contributed by atoms with Crippen LogP contribution in [0.2, 0.25) is 0 Å². The van der Waals surface area contributed by atoms with Gasteiger partial charge in [0, 0.05) is 31.0 Å². The second-order valence-electron chi connectivity index (χ2n) is 3.73. The molecule has 0 fully saturated rings. The first-order chi connectivity index (χ1) is 5.79. The Labute approximate surface area is 73.6 Å². The van der Waals surface area contributed by atoms with Crippen molar-refractivity contribution in [2.24, 2.45) is 0 Å². The predicted molar refractivity (Wildman–Crippen MR) is 50.2 cm³/mol. The first-order valence-electron chi connectivity index (χ1n) is 4.68. The molecule has 0 amide bonds. The number of fused-ring (bicyclic) bond motifs is 1. The van der Waals surface area contributed by atoms with Crippen LogP contribution < -0.4 is 5.32 Å². The summed E-state index contributed by atoms with van der Waals surface area (Å²) in [5.74, 6) is 0.650. The maximum Gasteiger partial charge on any atom is 0.0360 e. The van der Waals surface area contributed by atoms with E-state index in [-0.39, 0.29) is 0 Å². The van der Waals surface area contributed by atoms with Crippen LogP contribution in [0.25, 0.3) is 0 Å². The summed E-state index contributed by atoms with van der Waals surface area (Å²) in [6.45, 7) is 7.79. The summed E-state index contributed by atoms with van der Waals surface area (Å²) in [6.07, 6.45) is 0. The molecule has 1 aromatic heterocycles. The highest BCUT2D eigenvalue weighted by molar-refractivity contribution is 5.20. The van der Waals surface area contributed by atoms with Gasteiger partial charge >= 0.3 is 0 Å². The first kappa shape index (κ1) is 7.87. The second-order valence-corrected chi connectivity index (χ2v) is 3.73. The summed E-state index contributed by atoms with van der Waals surface area (Å²) >= 11 is 0. The number of nitrogens with one attached hydrogen (secondary N) is 1. The molecule has 2 rings (SSSR count). The van der Waals surface area contributed by atoms with Crippen LogP contribution in [-0.2, 0) is 13.1 Å². The van der Waals surface area contributed by atoms with Crippen molar-refractivity contribution in [2.45, 2.75) is 32.9 Å². The number of aromatic nitrogens is 1. The van der Waals surface area contributed by atoms with E-state index in [1.54, 1.807) is 0 Å². The highest BCUT2D eigenvalue weighted by Crippen LogP contribution is 2.19. The number of nitrogens with zero attached hydrogens (tertiary/aromatic N) is 1. The van der Waals surface area contributed by atoms with Crippen LogP contribution in [0.3, 0.4) is 0 Å². The third kappa shape index (κ3) is 1.16. The Morgan fingerprint density at radius 2 is 2.25 bits per heavy atom. The van der Waals surface area contributed by atoms with Crippen LogP contribution in [0.15, 0.2) is 12.1 Å². The lowest BCUT2D eigenvalue weighted by Crippen LogP contribution is -2.28. The van der Waals surface area contributed by atoms with Crippen molar-refractivity contribution in [1.29, 1.82) is 0 Å². The molecule has 12 heavy (non-hydrogen) atoms. The molecule has 0 saturated carbocycles. The van der Waals surface area contributed by atoms with Gasteiger partial charge in [0.25, 0.3) is 0 Å². The molecule has 2 nitrogen and oxygen atoms in total. The summed E-state index contributed by atoms with van der Waals surface area (Å²) in [7, 11) is 0. The Balaban J connectivity index is 2.38. The fourth-order valence-electron chi connectivity index (χ4n) is 1.87. The molecule has 0 unspecified atom stereocenters. The van der Waals surface area contributed by atoms with E-state index in [2.05, 4.69) is 35.9 Å². The third-order valence-corrected chi connectivity index (χ3v) is 2.51. The van der Waals surface area contributed by atoms with Gasteiger partial charge in [0.15, 0.2) is 0 Å². The van der Waals surface area contributed by atoms with Gasteiger partial charge in [0.2, 0.25) is 0 Å². The Bertz CT molecular complexity index is 273. The van der Waals surface area contributed by atoms with Gasteiger partial charge in [-0.05, 0) is 18.1 Å². The Morgan fingerprint density at radius 1 is 1.42 bits per heavy atom. The molecular weight excluding hydrogens is 148 g/mol. The molecule has 0 atom stereocenters. The maximum atomic E-state index is 3.37. The molecule has 2 heteroatoms. The summed E-state index contributed by atoms with van der Waals surface area (Å²) in [5.41, 5.74) is 2.91. The molecule has 0 aromatic carbocycles. The third-order valence-electron chi connectivity index (χ3n) is 2.51. The number of hydrogen-bond acceptors (Lipinski definition) is 1. The van der Waals surface area contributed by atoms with E-state index in [1.165, 1.54) is 11.4 Å². The SMILES string of the molecule is CC(C)c1ccc2n1CCNC2. The van der Waals surface area contributed by atoms with Crippen molar-refractivity contribution in [1.82, 2.24) is 9.88 Å². The van der Waals surface area contributed by atoms with Gasteiger partial charge in [-0.15, -0.1) is 0 Å². The normalized spacial score (nSPS) is 16.6. The van der Waals surface area contributed by atoms with Crippen molar-refractivity contribution >= 4 is 0 Å². The van der Waals surface area contributed by atoms with E-state index in [9.17, 15) is 0 Å². The smallest absolute Gasteiger partial charge is 0.0360 e. The van der Waals surface area contributed by atoms with Crippen molar-refractivity contribution in [3.05, 3.63) is 23.5 Å². The van der Waals surface area contributed by atoms with Crippen LogP contribution in [0, 0.1) is 0 Å². The van der Waals surface area contributed by atoms with E-state index in [4.69, 9.17) is 0 Å². The fraction of sp³-hybridized carbons (Fsp3) is 0.600. The summed E-state index contributed by atoms with van der Waals surface area (Å²) < 4.78 is 2.45. The zero-order valence-corrected chi connectivity index (χ0v) is 7.80. The molecule has 0 bridgehead atoms. The van der Waals surface area contributed by atoms with Gasteiger partial charge in [-0.1, -0.05) is 13.8 Å². The molecule has 1 aromatic rings. The van der Waals surface area contributed by atoms with E-state index in [0.717, 1.165) is 19.6 Å². The van der Waals surface area contributed by atoms with E-state index in [1.807, 2.05) is 0 Å². The molecular formula is C10H16N2. The summed E-state index contributed by atoms with van der Waals surface area (Å²) in [5, 5.41) is 3.37. The van der Waals surface area contributed by atoms with E-state index < -0.39 is 0 Å². The summed E-state index contributed by atoms with van der Waals surface area (Å²) in [4.78, 5) is 0. The molecule has 0 saturated heterocycles. The molecule has 1 aliphatic rings. The monoisotopic (exact) mass is 164 g/mol. The lowest BCUT2D eigenvalue weighted by molar-refractivity contribution is 0.496. The van der Waals surface area contributed by atoms with Crippen LogP contribution >= 0.6 is 0 Å². The van der Waals surface area contributed by atoms with E-state index in [0.29, 0.717) is 5.92 Å². The van der Waals surface area contributed by atoms with Gasteiger partial charge < -0.3 is 9.88 Å². The molecule has 0 aliphatic carbocycles. The Kier molecular flexibility index (Phi) is 1.93. The number of hydrogen-bond donors (Lipinski definition) is 1. The highest BCUT2D eigenvalue weighted by Gasteiger charge is 2.13. The maximum absolute atomic E-state index is 3.37. The van der Waals surface area contributed by atoms with Crippen LogP contribution in [0.1, 0.15) is 31.2 Å². The summed E-state index contributed by atoms with van der Waals surface area (Å²) in [6, 6.07) is 4.49. The predicted octanol–water partition coefficient (Wildman–Crippen LogP) is 1.71. The zero-order chi connectivity index (χ0) is 8.55. The van der Waals surface area contributed by atoms with E-state index >= 15 is 0 Å². The lowest BCUT2D eigenvalue weighted by atomic mass is 10.1. The molecule has 66 valence electrons. The standard InChI is InChI=1S/C10H16N2/c1-8(2)10-4-3-9-7-11-5-6-12(9)10/h3-4,8,11H,5-7H2,1-2H3. The second kappa shape index (κ2) is 2.94. The molecule has 2 heterocycles. The van der Waals surface area contributed by atoms with Crippen LogP contribution in [-0.4, -0.2) is 11.1 Å². The van der Waals surface area contributed by atoms with Gasteiger partial charge in [-0.3, -0.25) is 0 Å². The van der Waals surface area contributed by atoms with Crippen molar-refractivity contribution < 1.29 is 0 Å². The van der Waals surface area contributed by atoms with Crippen LogP contribution in [0.4, 0.5) is 0 Å². The average Bonchev–Trinajstić information content (AvgIpc) is 2.47.